The largest absolute Gasteiger partial charge is 0.448 e. The Morgan fingerprint density at radius 2 is 1.97 bits per heavy atom. The Morgan fingerprint density at radius 3 is 2.70 bits per heavy atom. The van der Waals surface area contributed by atoms with Crippen LogP contribution in [-0.2, 0) is 27.1 Å². The molecule has 1 aromatic carbocycles. The summed E-state index contributed by atoms with van der Waals surface area (Å²) in [4.78, 5) is 29.1. The standard InChI is InChI=1S/C23H28N2O4S/c1-15-3-8-20-17(13-15)14-21(30-20)23(27)29-16(2)22(26)24-18-4-6-19(7-5-18)25-9-11-28-12-10-25/h4-7,14-16H,3,8-13H2,1-2H3,(H,24,26). The van der Waals surface area contributed by atoms with E-state index in [0.717, 1.165) is 51.3 Å². The molecule has 6 nitrogen and oxygen atoms in total. The molecule has 2 unspecified atom stereocenters. The quantitative estimate of drug-likeness (QED) is 0.732. The third-order valence-electron chi connectivity index (χ3n) is 5.69. The number of rotatable bonds is 5. The van der Waals surface area contributed by atoms with E-state index in [2.05, 4.69) is 17.1 Å². The van der Waals surface area contributed by atoms with Crippen LogP contribution in [0.2, 0.25) is 0 Å². The lowest BCUT2D eigenvalue weighted by atomic mass is 9.90. The van der Waals surface area contributed by atoms with Gasteiger partial charge in [0, 0.05) is 29.3 Å². The van der Waals surface area contributed by atoms with E-state index in [-0.39, 0.29) is 5.91 Å². The maximum atomic E-state index is 12.5. The van der Waals surface area contributed by atoms with Crippen molar-refractivity contribution < 1.29 is 19.1 Å². The van der Waals surface area contributed by atoms with Crippen LogP contribution in [0.4, 0.5) is 11.4 Å². The monoisotopic (exact) mass is 428 g/mol. The minimum atomic E-state index is -0.866. The number of hydrogen-bond donors (Lipinski definition) is 1. The first-order valence-electron chi connectivity index (χ1n) is 10.6. The summed E-state index contributed by atoms with van der Waals surface area (Å²) in [7, 11) is 0. The Morgan fingerprint density at radius 1 is 1.23 bits per heavy atom. The third-order valence-corrected chi connectivity index (χ3v) is 6.91. The van der Waals surface area contributed by atoms with Crippen LogP contribution in [0.3, 0.4) is 0 Å². The van der Waals surface area contributed by atoms with Gasteiger partial charge in [-0.2, -0.15) is 0 Å². The van der Waals surface area contributed by atoms with Crippen LogP contribution in [-0.4, -0.2) is 44.3 Å². The molecule has 0 bridgehead atoms. The van der Waals surface area contributed by atoms with Gasteiger partial charge in [-0.3, -0.25) is 4.79 Å². The molecule has 1 fully saturated rings. The average Bonchev–Trinajstić information content (AvgIpc) is 3.18. The van der Waals surface area contributed by atoms with Crippen LogP contribution in [0.5, 0.6) is 0 Å². The fraction of sp³-hybridized carbons (Fsp3) is 0.478. The van der Waals surface area contributed by atoms with Crippen LogP contribution >= 0.6 is 11.3 Å². The molecule has 1 saturated heterocycles. The molecule has 0 spiro atoms. The van der Waals surface area contributed by atoms with E-state index in [1.165, 1.54) is 21.8 Å². The number of carbonyl (C=O) groups is 2. The van der Waals surface area contributed by atoms with Gasteiger partial charge in [0.2, 0.25) is 0 Å². The molecule has 1 aliphatic carbocycles. The van der Waals surface area contributed by atoms with Crippen LogP contribution in [0.15, 0.2) is 30.3 Å². The molecular formula is C23H28N2O4S. The SMILES string of the molecule is CC1CCc2sc(C(=O)OC(C)C(=O)Nc3ccc(N4CCOCC4)cc3)cc2C1. The van der Waals surface area contributed by atoms with Crippen molar-refractivity contribution >= 4 is 34.6 Å². The predicted octanol–water partition coefficient (Wildman–Crippen LogP) is 3.89. The van der Waals surface area contributed by atoms with Gasteiger partial charge in [0.1, 0.15) is 4.88 Å². The molecule has 7 heteroatoms. The Labute approximate surface area is 181 Å². The first-order valence-corrected chi connectivity index (χ1v) is 11.4. The lowest BCUT2D eigenvalue weighted by molar-refractivity contribution is -0.123. The fourth-order valence-corrected chi connectivity index (χ4v) is 4.99. The zero-order valence-electron chi connectivity index (χ0n) is 17.5. The number of fused-ring (bicyclic) bond motifs is 1. The highest BCUT2D eigenvalue weighted by Crippen LogP contribution is 2.32. The molecule has 2 aliphatic rings. The summed E-state index contributed by atoms with van der Waals surface area (Å²) >= 11 is 1.50. The molecule has 4 rings (SSSR count). The molecule has 1 amide bonds. The highest BCUT2D eigenvalue weighted by molar-refractivity contribution is 7.14. The molecule has 160 valence electrons. The van der Waals surface area contributed by atoms with Gasteiger partial charge >= 0.3 is 5.97 Å². The highest BCUT2D eigenvalue weighted by atomic mass is 32.1. The summed E-state index contributed by atoms with van der Waals surface area (Å²) in [5, 5.41) is 2.83. The van der Waals surface area contributed by atoms with E-state index < -0.39 is 12.1 Å². The van der Waals surface area contributed by atoms with E-state index in [9.17, 15) is 9.59 Å². The minimum absolute atomic E-state index is 0.336. The molecule has 2 heterocycles. The normalized spacial score (nSPS) is 19.7. The van der Waals surface area contributed by atoms with Gasteiger partial charge in [0.15, 0.2) is 6.10 Å². The summed E-state index contributed by atoms with van der Waals surface area (Å²) in [5.74, 6) is -0.111. The summed E-state index contributed by atoms with van der Waals surface area (Å²) < 4.78 is 10.8. The number of thiophene rings is 1. The van der Waals surface area contributed by atoms with Gasteiger partial charge in [0.25, 0.3) is 5.91 Å². The number of ether oxygens (including phenoxy) is 2. The number of aryl methyl sites for hydroxylation is 1. The maximum absolute atomic E-state index is 12.5. The van der Waals surface area contributed by atoms with Gasteiger partial charge in [-0.05, 0) is 68.0 Å². The van der Waals surface area contributed by atoms with E-state index in [4.69, 9.17) is 9.47 Å². The van der Waals surface area contributed by atoms with Crippen LogP contribution < -0.4 is 10.2 Å². The van der Waals surface area contributed by atoms with Gasteiger partial charge in [-0.15, -0.1) is 11.3 Å². The number of hydrogen-bond acceptors (Lipinski definition) is 6. The van der Waals surface area contributed by atoms with E-state index in [1.54, 1.807) is 6.92 Å². The van der Waals surface area contributed by atoms with Crippen molar-refractivity contribution in [3.63, 3.8) is 0 Å². The first kappa shape index (κ1) is 20.9. The Bertz CT molecular complexity index is 902. The first-order chi connectivity index (χ1) is 14.5. The van der Waals surface area contributed by atoms with Crippen LogP contribution in [0, 0.1) is 5.92 Å². The molecule has 1 aromatic heterocycles. The average molecular weight is 429 g/mol. The number of benzene rings is 1. The van der Waals surface area contributed by atoms with Crippen molar-refractivity contribution in [2.75, 3.05) is 36.5 Å². The van der Waals surface area contributed by atoms with E-state index in [1.807, 2.05) is 30.3 Å². The lowest BCUT2D eigenvalue weighted by Crippen LogP contribution is -2.36. The molecule has 1 aliphatic heterocycles. The maximum Gasteiger partial charge on any atom is 0.349 e. The molecule has 2 atom stereocenters. The summed E-state index contributed by atoms with van der Waals surface area (Å²) in [6.45, 7) is 7.03. The van der Waals surface area contributed by atoms with Crippen molar-refractivity contribution in [2.45, 2.75) is 39.2 Å². The number of amides is 1. The zero-order valence-corrected chi connectivity index (χ0v) is 18.3. The second kappa shape index (κ2) is 9.18. The number of anilines is 2. The van der Waals surface area contributed by atoms with Crippen molar-refractivity contribution in [3.05, 3.63) is 45.6 Å². The number of carbonyl (C=O) groups excluding carboxylic acids is 2. The fourth-order valence-electron chi connectivity index (χ4n) is 3.90. The topological polar surface area (TPSA) is 67.9 Å². The zero-order chi connectivity index (χ0) is 21.1. The van der Waals surface area contributed by atoms with Crippen molar-refractivity contribution in [1.29, 1.82) is 0 Å². The minimum Gasteiger partial charge on any atom is -0.448 e. The van der Waals surface area contributed by atoms with Gasteiger partial charge in [-0.1, -0.05) is 6.92 Å². The second-order valence-electron chi connectivity index (χ2n) is 8.09. The number of morpholine rings is 1. The van der Waals surface area contributed by atoms with Crippen molar-refractivity contribution in [3.8, 4) is 0 Å². The second-order valence-corrected chi connectivity index (χ2v) is 9.23. The third kappa shape index (κ3) is 4.84. The van der Waals surface area contributed by atoms with Gasteiger partial charge in [-0.25, -0.2) is 4.79 Å². The highest BCUT2D eigenvalue weighted by Gasteiger charge is 2.24. The Hall–Kier alpha value is -2.38. The predicted molar refractivity (Wildman–Crippen MR) is 118 cm³/mol. The Kier molecular flexibility index (Phi) is 6.39. The summed E-state index contributed by atoms with van der Waals surface area (Å²) in [6, 6.07) is 9.63. The number of esters is 1. The molecule has 2 aromatic rings. The van der Waals surface area contributed by atoms with E-state index in [0.29, 0.717) is 16.5 Å². The number of nitrogens with one attached hydrogen (secondary N) is 1. The number of nitrogens with zero attached hydrogens (tertiary/aromatic N) is 1. The van der Waals surface area contributed by atoms with Gasteiger partial charge < -0.3 is 19.7 Å². The van der Waals surface area contributed by atoms with E-state index >= 15 is 0 Å². The lowest BCUT2D eigenvalue weighted by Gasteiger charge is -2.28. The smallest absolute Gasteiger partial charge is 0.349 e. The molecular weight excluding hydrogens is 400 g/mol. The Balaban J connectivity index is 1.32. The van der Waals surface area contributed by atoms with Crippen molar-refractivity contribution in [2.24, 2.45) is 5.92 Å². The van der Waals surface area contributed by atoms with Crippen molar-refractivity contribution in [1.82, 2.24) is 0 Å². The summed E-state index contributed by atoms with van der Waals surface area (Å²) in [5.41, 5.74) is 3.04. The molecule has 0 saturated carbocycles. The van der Waals surface area contributed by atoms with Crippen LogP contribution in [0.1, 0.15) is 40.4 Å². The van der Waals surface area contributed by atoms with Gasteiger partial charge in [0.05, 0.1) is 13.2 Å². The molecule has 1 N–H and O–H groups in total. The van der Waals surface area contributed by atoms with Crippen LogP contribution in [0.25, 0.3) is 0 Å². The molecule has 30 heavy (non-hydrogen) atoms. The summed E-state index contributed by atoms with van der Waals surface area (Å²) in [6.07, 6.45) is 2.32. The molecule has 0 radical (unpaired) electrons.